The summed E-state index contributed by atoms with van der Waals surface area (Å²) in [4.78, 5) is 27.0. The third-order valence-electron chi connectivity index (χ3n) is 2.79. The predicted molar refractivity (Wildman–Crippen MR) is 78.9 cm³/mol. The van der Waals surface area contributed by atoms with Crippen LogP contribution in [0.2, 0.25) is 0 Å². The fourth-order valence-corrected chi connectivity index (χ4v) is 1.70. The standard InChI is InChI=1S/C14H17N5O3/c1-10(20)6-16-13(21)14(22)18-12-4-2-11(3-5-12)7-19-9-15-8-17-19/h2-5,8-10,20H,6-7H2,1H3,(H,16,21)(H,18,22)/t10-/m0/s1. The lowest BCUT2D eigenvalue weighted by Crippen LogP contribution is -2.38. The second kappa shape index (κ2) is 7.32. The number of hydrogen-bond donors (Lipinski definition) is 3. The molecule has 0 aliphatic rings. The molecule has 3 N–H and O–H groups in total. The first kappa shape index (κ1) is 15.6. The van der Waals surface area contributed by atoms with Gasteiger partial charge >= 0.3 is 11.8 Å². The molecular formula is C14H17N5O3. The highest BCUT2D eigenvalue weighted by atomic mass is 16.3. The Labute approximate surface area is 127 Å². The van der Waals surface area contributed by atoms with E-state index in [1.807, 2.05) is 12.1 Å². The van der Waals surface area contributed by atoms with E-state index >= 15 is 0 Å². The molecule has 116 valence electrons. The summed E-state index contributed by atoms with van der Waals surface area (Å²) < 4.78 is 1.68. The van der Waals surface area contributed by atoms with Crippen LogP contribution >= 0.6 is 0 Å². The number of aliphatic hydroxyl groups excluding tert-OH is 1. The normalized spacial score (nSPS) is 11.7. The van der Waals surface area contributed by atoms with Gasteiger partial charge in [0.25, 0.3) is 0 Å². The van der Waals surface area contributed by atoms with Crippen molar-refractivity contribution in [1.29, 1.82) is 0 Å². The number of amides is 2. The number of aromatic nitrogens is 3. The zero-order valence-electron chi connectivity index (χ0n) is 12.1. The topological polar surface area (TPSA) is 109 Å². The second-order valence-corrected chi connectivity index (χ2v) is 4.80. The first-order valence-corrected chi connectivity index (χ1v) is 6.73. The molecule has 0 aliphatic heterocycles. The first-order chi connectivity index (χ1) is 10.5. The van der Waals surface area contributed by atoms with Crippen molar-refractivity contribution < 1.29 is 14.7 Å². The number of benzene rings is 1. The molecule has 0 aliphatic carbocycles. The molecule has 2 aromatic rings. The second-order valence-electron chi connectivity index (χ2n) is 4.80. The first-order valence-electron chi connectivity index (χ1n) is 6.73. The maximum Gasteiger partial charge on any atom is 0.313 e. The van der Waals surface area contributed by atoms with E-state index in [1.165, 1.54) is 13.3 Å². The van der Waals surface area contributed by atoms with Gasteiger partial charge in [0.05, 0.1) is 12.6 Å². The lowest BCUT2D eigenvalue weighted by molar-refractivity contribution is -0.136. The molecule has 0 spiro atoms. The average Bonchev–Trinajstić information content (AvgIpc) is 2.99. The summed E-state index contributed by atoms with van der Waals surface area (Å²) in [5.74, 6) is -1.56. The third-order valence-corrected chi connectivity index (χ3v) is 2.79. The summed E-state index contributed by atoms with van der Waals surface area (Å²) in [5, 5.41) is 17.9. The Morgan fingerprint density at radius 1 is 1.27 bits per heavy atom. The van der Waals surface area contributed by atoms with Gasteiger partial charge in [0.1, 0.15) is 12.7 Å². The smallest absolute Gasteiger partial charge is 0.313 e. The van der Waals surface area contributed by atoms with E-state index in [2.05, 4.69) is 20.7 Å². The highest BCUT2D eigenvalue weighted by Gasteiger charge is 2.13. The predicted octanol–water partition coefficient (Wildman–Crippen LogP) is -0.238. The van der Waals surface area contributed by atoms with Crippen molar-refractivity contribution in [2.45, 2.75) is 19.6 Å². The quantitative estimate of drug-likeness (QED) is 0.661. The van der Waals surface area contributed by atoms with E-state index in [9.17, 15) is 9.59 Å². The fraction of sp³-hybridized carbons (Fsp3) is 0.286. The molecule has 8 nitrogen and oxygen atoms in total. The van der Waals surface area contributed by atoms with Crippen LogP contribution < -0.4 is 10.6 Å². The van der Waals surface area contributed by atoms with Crippen LogP contribution in [-0.2, 0) is 16.1 Å². The molecule has 1 atom stereocenters. The minimum absolute atomic E-state index is 0.0309. The summed E-state index contributed by atoms with van der Waals surface area (Å²) in [6.07, 6.45) is 2.37. The Morgan fingerprint density at radius 2 is 2.00 bits per heavy atom. The number of nitrogens with zero attached hydrogens (tertiary/aromatic N) is 3. The van der Waals surface area contributed by atoms with Crippen molar-refractivity contribution in [3.63, 3.8) is 0 Å². The molecule has 0 radical (unpaired) electrons. The van der Waals surface area contributed by atoms with Crippen LogP contribution in [0.1, 0.15) is 12.5 Å². The summed E-state index contributed by atoms with van der Waals surface area (Å²) in [5.41, 5.74) is 1.50. The lowest BCUT2D eigenvalue weighted by Gasteiger charge is -2.08. The summed E-state index contributed by atoms with van der Waals surface area (Å²) in [6, 6.07) is 7.05. The minimum atomic E-state index is -0.785. The van der Waals surface area contributed by atoms with Crippen LogP contribution in [0.5, 0.6) is 0 Å². The zero-order chi connectivity index (χ0) is 15.9. The molecule has 0 unspecified atom stereocenters. The van der Waals surface area contributed by atoms with Crippen LogP contribution in [0.25, 0.3) is 0 Å². The number of hydrogen-bond acceptors (Lipinski definition) is 5. The van der Waals surface area contributed by atoms with E-state index in [0.717, 1.165) is 5.56 Å². The Balaban J connectivity index is 1.88. The van der Waals surface area contributed by atoms with Crippen molar-refractivity contribution in [3.8, 4) is 0 Å². The van der Waals surface area contributed by atoms with E-state index in [-0.39, 0.29) is 6.54 Å². The van der Waals surface area contributed by atoms with Crippen molar-refractivity contribution in [1.82, 2.24) is 20.1 Å². The third kappa shape index (κ3) is 4.67. The van der Waals surface area contributed by atoms with Gasteiger partial charge in [-0.15, -0.1) is 0 Å². The van der Waals surface area contributed by atoms with E-state index in [1.54, 1.807) is 23.1 Å². The molecule has 1 aromatic heterocycles. The Bertz CT molecular complexity index is 622. The minimum Gasteiger partial charge on any atom is -0.392 e. The lowest BCUT2D eigenvalue weighted by atomic mass is 10.2. The van der Waals surface area contributed by atoms with E-state index in [4.69, 9.17) is 5.11 Å². The van der Waals surface area contributed by atoms with Gasteiger partial charge in [-0.3, -0.25) is 9.59 Å². The van der Waals surface area contributed by atoms with Crippen molar-refractivity contribution >= 4 is 17.5 Å². The van der Waals surface area contributed by atoms with E-state index in [0.29, 0.717) is 12.2 Å². The molecule has 0 bridgehead atoms. The van der Waals surface area contributed by atoms with Crippen LogP contribution in [0.3, 0.4) is 0 Å². The van der Waals surface area contributed by atoms with Gasteiger partial charge in [0.2, 0.25) is 0 Å². The van der Waals surface area contributed by atoms with Gasteiger partial charge in [-0.2, -0.15) is 5.10 Å². The Morgan fingerprint density at radius 3 is 2.59 bits per heavy atom. The molecular weight excluding hydrogens is 286 g/mol. The molecule has 8 heteroatoms. The number of rotatable bonds is 5. The maximum atomic E-state index is 11.6. The van der Waals surface area contributed by atoms with Crippen molar-refractivity contribution in [2.24, 2.45) is 0 Å². The molecule has 2 rings (SSSR count). The highest BCUT2D eigenvalue weighted by Crippen LogP contribution is 2.10. The van der Waals surface area contributed by atoms with Crippen LogP contribution in [0, 0.1) is 0 Å². The Kier molecular flexibility index (Phi) is 5.21. The largest absolute Gasteiger partial charge is 0.392 e. The highest BCUT2D eigenvalue weighted by molar-refractivity contribution is 6.39. The summed E-state index contributed by atoms with van der Waals surface area (Å²) >= 11 is 0. The van der Waals surface area contributed by atoms with Crippen molar-refractivity contribution in [2.75, 3.05) is 11.9 Å². The zero-order valence-corrected chi connectivity index (χ0v) is 12.1. The number of aliphatic hydroxyl groups is 1. The molecule has 1 aromatic carbocycles. The molecule has 1 heterocycles. The Hall–Kier alpha value is -2.74. The van der Waals surface area contributed by atoms with Gasteiger partial charge in [0, 0.05) is 12.2 Å². The summed E-state index contributed by atoms with van der Waals surface area (Å²) in [6.45, 7) is 2.12. The molecule has 22 heavy (non-hydrogen) atoms. The van der Waals surface area contributed by atoms with Gasteiger partial charge in [-0.1, -0.05) is 12.1 Å². The number of carbonyl (C=O) groups excluding carboxylic acids is 2. The fourth-order valence-electron chi connectivity index (χ4n) is 1.70. The molecule has 0 saturated carbocycles. The van der Waals surface area contributed by atoms with Crippen LogP contribution in [0.15, 0.2) is 36.9 Å². The maximum absolute atomic E-state index is 11.6. The molecule has 0 fully saturated rings. The van der Waals surface area contributed by atoms with Crippen molar-refractivity contribution in [3.05, 3.63) is 42.5 Å². The SMILES string of the molecule is C[C@H](O)CNC(=O)C(=O)Nc1ccc(Cn2cncn2)cc1. The van der Waals surface area contributed by atoms with Gasteiger partial charge in [-0.05, 0) is 24.6 Å². The number of carbonyl (C=O) groups is 2. The van der Waals surface area contributed by atoms with Gasteiger partial charge < -0.3 is 15.7 Å². The molecule has 2 amide bonds. The number of anilines is 1. The van der Waals surface area contributed by atoms with Gasteiger partial charge in [0.15, 0.2) is 0 Å². The molecule has 0 saturated heterocycles. The average molecular weight is 303 g/mol. The summed E-state index contributed by atoms with van der Waals surface area (Å²) in [7, 11) is 0. The van der Waals surface area contributed by atoms with Crippen LogP contribution in [-0.4, -0.2) is 44.3 Å². The van der Waals surface area contributed by atoms with Crippen LogP contribution in [0.4, 0.5) is 5.69 Å². The number of nitrogens with one attached hydrogen (secondary N) is 2. The monoisotopic (exact) mass is 303 g/mol. The van der Waals surface area contributed by atoms with Gasteiger partial charge in [-0.25, -0.2) is 9.67 Å². The van der Waals surface area contributed by atoms with E-state index < -0.39 is 17.9 Å².